The molecule has 1 heterocycles. The molecule has 0 aliphatic heterocycles. The van der Waals surface area contributed by atoms with Crippen LogP contribution in [0, 0.1) is 6.92 Å². The van der Waals surface area contributed by atoms with Gasteiger partial charge in [-0.3, -0.25) is 9.36 Å². The molecule has 0 saturated carbocycles. The summed E-state index contributed by atoms with van der Waals surface area (Å²) < 4.78 is 7.40. The Morgan fingerprint density at radius 3 is 2.70 bits per heavy atom. The van der Waals surface area contributed by atoms with Gasteiger partial charge in [-0.15, -0.1) is 0 Å². The fourth-order valence-corrected chi connectivity index (χ4v) is 3.73. The summed E-state index contributed by atoms with van der Waals surface area (Å²) >= 11 is 1.39. The van der Waals surface area contributed by atoms with Gasteiger partial charge in [0, 0.05) is 12.3 Å². The minimum Gasteiger partial charge on any atom is -0.491 e. The number of rotatable bonds is 8. The second-order valence-electron chi connectivity index (χ2n) is 6.41. The number of nitrogens with zero attached hydrogens (tertiary/aromatic N) is 2. The van der Waals surface area contributed by atoms with Crippen molar-refractivity contribution in [2.75, 3.05) is 12.4 Å². The maximum absolute atomic E-state index is 12.8. The zero-order valence-corrected chi connectivity index (χ0v) is 16.4. The Balaban J connectivity index is 1.71. The molecule has 0 aliphatic rings. The number of hydrogen-bond acceptors (Lipinski definition) is 5. The van der Waals surface area contributed by atoms with Crippen LogP contribution in [0.3, 0.4) is 0 Å². The number of hydrogen-bond donors (Lipinski definition) is 1. The molecular formula is C21H24N2O3S. The number of aliphatic hydroxyl groups excluding tert-OH is 1. The van der Waals surface area contributed by atoms with Gasteiger partial charge in [-0.2, -0.15) is 0 Å². The summed E-state index contributed by atoms with van der Waals surface area (Å²) in [6, 6.07) is 15.1. The summed E-state index contributed by atoms with van der Waals surface area (Å²) in [6.07, 6.45) is 0.181. The summed E-state index contributed by atoms with van der Waals surface area (Å²) in [5, 5.41) is 11.6. The number of fused-ring (bicyclic) bond motifs is 1. The minimum atomic E-state index is -0.659. The fraction of sp³-hybridized carbons (Fsp3) is 0.333. The molecule has 142 valence electrons. The predicted molar refractivity (Wildman–Crippen MR) is 110 cm³/mol. The molecule has 0 spiro atoms. The van der Waals surface area contributed by atoms with Gasteiger partial charge in [0.25, 0.3) is 5.56 Å². The third-order valence-corrected chi connectivity index (χ3v) is 5.32. The van der Waals surface area contributed by atoms with Gasteiger partial charge in [-0.25, -0.2) is 4.98 Å². The fourth-order valence-electron chi connectivity index (χ4n) is 2.80. The standard InChI is InChI=1S/C21H24N2O3S/c1-3-12-23-20(25)17-9-5-6-10-18(17)22-21(23)27-14-16(24)13-26-19-11-7-4-8-15(19)2/h4-11,16,24H,3,12-14H2,1-2H3/t16-/m0/s1. The van der Waals surface area contributed by atoms with Crippen LogP contribution in [0.25, 0.3) is 10.9 Å². The van der Waals surface area contributed by atoms with E-state index in [0.29, 0.717) is 28.4 Å². The van der Waals surface area contributed by atoms with Crippen LogP contribution in [-0.2, 0) is 6.54 Å². The number of ether oxygens (including phenoxy) is 1. The summed E-state index contributed by atoms with van der Waals surface area (Å²) in [5.41, 5.74) is 1.68. The second kappa shape index (κ2) is 9.06. The number of para-hydroxylation sites is 2. The third kappa shape index (κ3) is 4.70. The van der Waals surface area contributed by atoms with Crippen LogP contribution in [0.1, 0.15) is 18.9 Å². The molecule has 0 radical (unpaired) electrons. The van der Waals surface area contributed by atoms with Gasteiger partial charge in [0.15, 0.2) is 5.16 Å². The minimum absolute atomic E-state index is 0.0319. The number of aromatic nitrogens is 2. The molecule has 1 N–H and O–H groups in total. The van der Waals surface area contributed by atoms with Gasteiger partial charge < -0.3 is 9.84 Å². The van der Waals surface area contributed by atoms with E-state index in [4.69, 9.17) is 4.74 Å². The number of aliphatic hydroxyl groups is 1. The lowest BCUT2D eigenvalue weighted by Gasteiger charge is -2.15. The molecular weight excluding hydrogens is 360 g/mol. The van der Waals surface area contributed by atoms with Crippen LogP contribution in [-0.4, -0.2) is 33.1 Å². The van der Waals surface area contributed by atoms with Crippen LogP contribution >= 0.6 is 11.8 Å². The highest BCUT2D eigenvalue weighted by Crippen LogP contribution is 2.20. The van der Waals surface area contributed by atoms with Crippen LogP contribution in [0.15, 0.2) is 58.5 Å². The molecule has 27 heavy (non-hydrogen) atoms. The third-order valence-electron chi connectivity index (χ3n) is 4.20. The van der Waals surface area contributed by atoms with Crippen LogP contribution < -0.4 is 10.3 Å². The first-order chi connectivity index (χ1) is 13.1. The van der Waals surface area contributed by atoms with Crippen molar-refractivity contribution in [3.63, 3.8) is 0 Å². The molecule has 5 nitrogen and oxygen atoms in total. The van der Waals surface area contributed by atoms with E-state index in [1.807, 2.05) is 56.3 Å². The smallest absolute Gasteiger partial charge is 0.262 e. The molecule has 0 amide bonds. The van der Waals surface area contributed by atoms with Gasteiger partial charge >= 0.3 is 0 Å². The summed E-state index contributed by atoms with van der Waals surface area (Å²) in [4.78, 5) is 17.4. The van der Waals surface area contributed by atoms with Gasteiger partial charge in [0.1, 0.15) is 12.4 Å². The summed E-state index contributed by atoms with van der Waals surface area (Å²) in [7, 11) is 0. The van der Waals surface area contributed by atoms with E-state index in [-0.39, 0.29) is 12.2 Å². The van der Waals surface area contributed by atoms with E-state index >= 15 is 0 Å². The van der Waals surface area contributed by atoms with E-state index in [0.717, 1.165) is 17.7 Å². The molecule has 0 aliphatic carbocycles. The lowest BCUT2D eigenvalue weighted by Crippen LogP contribution is -2.25. The summed E-state index contributed by atoms with van der Waals surface area (Å²) in [6.45, 7) is 4.80. The second-order valence-corrected chi connectivity index (χ2v) is 7.40. The number of benzene rings is 2. The average Bonchev–Trinajstić information content (AvgIpc) is 2.68. The maximum atomic E-state index is 12.8. The van der Waals surface area contributed by atoms with Crippen molar-refractivity contribution in [2.45, 2.75) is 38.1 Å². The van der Waals surface area contributed by atoms with Gasteiger partial charge in [0.05, 0.1) is 17.0 Å². The molecule has 0 fully saturated rings. The van der Waals surface area contributed by atoms with E-state index in [1.165, 1.54) is 11.8 Å². The molecule has 0 saturated heterocycles. The highest BCUT2D eigenvalue weighted by Gasteiger charge is 2.14. The lowest BCUT2D eigenvalue weighted by atomic mass is 10.2. The Morgan fingerprint density at radius 1 is 1.19 bits per heavy atom. The van der Waals surface area contributed by atoms with Crippen molar-refractivity contribution < 1.29 is 9.84 Å². The van der Waals surface area contributed by atoms with Crippen molar-refractivity contribution in [3.8, 4) is 5.75 Å². The van der Waals surface area contributed by atoms with Crippen molar-refractivity contribution >= 4 is 22.7 Å². The molecule has 2 aromatic carbocycles. The zero-order chi connectivity index (χ0) is 19.2. The molecule has 1 aromatic heterocycles. The highest BCUT2D eigenvalue weighted by atomic mass is 32.2. The topological polar surface area (TPSA) is 64.3 Å². The molecule has 0 bridgehead atoms. The zero-order valence-electron chi connectivity index (χ0n) is 15.6. The monoisotopic (exact) mass is 384 g/mol. The van der Waals surface area contributed by atoms with Gasteiger partial charge in [-0.1, -0.05) is 49.0 Å². The molecule has 3 rings (SSSR count). The molecule has 0 unspecified atom stereocenters. The Bertz CT molecular complexity index is 971. The van der Waals surface area contributed by atoms with Crippen molar-refractivity contribution in [1.82, 2.24) is 9.55 Å². The predicted octanol–water partition coefficient (Wildman–Crippen LogP) is 3.65. The Hall–Kier alpha value is -2.31. The first kappa shape index (κ1) is 19.5. The van der Waals surface area contributed by atoms with Crippen LogP contribution in [0.2, 0.25) is 0 Å². The van der Waals surface area contributed by atoms with Gasteiger partial charge in [0.2, 0.25) is 0 Å². The lowest BCUT2D eigenvalue weighted by molar-refractivity contribution is 0.126. The quantitative estimate of drug-likeness (QED) is 0.474. The normalized spacial score (nSPS) is 12.3. The van der Waals surface area contributed by atoms with Crippen molar-refractivity contribution in [2.24, 2.45) is 0 Å². The van der Waals surface area contributed by atoms with E-state index in [1.54, 1.807) is 10.6 Å². The SMILES string of the molecule is CCCn1c(SC[C@@H](O)COc2ccccc2C)nc2ccccc2c1=O. The highest BCUT2D eigenvalue weighted by molar-refractivity contribution is 7.99. The van der Waals surface area contributed by atoms with Gasteiger partial charge in [-0.05, 0) is 37.1 Å². The average molecular weight is 385 g/mol. The van der Waals surface area contributed by atoms with E-state index in [9.17, 15) is 9.90 Å². The first-order valence-corrected chi connectivity index (χ1v) is 10.1. The largest absolute Gasteiger partial charge is 0.491 e. The van der Waals surface area contributed by atoms with Crippen molar-refractivity contribution in [1.29, 1.82) is 0 Å². The Kier molecular flexibility index (Phi) is 6.53. The molecule has 1 atom stereocenters. The van der Waals surface area contributed by atoms with E-state index < -0.39 is 6.10 Å². The number of aryl methyl sites for hydroxylation is 1. The Labute approximate surface area is 163 Å². The molecule has 6 heteroatoms. The van der Waals surface area contributed by atoms with Crippen LogP contribution in [0.4, 0.5) is 0 Å². The Morgan fingerprint density at radius 2 is 1.93 bits per heavy atom. The molecule has 3 aromatic rings. The number of thioether (sulfide) groups is 1. The first-order valence-electron chi connectivity index (χ1n) is 9.09. The van der Waals surface area contributed by atoms with Crippen molar-refractivity contribution in [3.05, 3.63) is 64.4 Å². The maximum Gasteiger partial charge on any atom is 0.262 e. The van der Waals surface area contributed by atoms with Crippen LogP contribution in [0.5, 0.6) is 5.75 Å². The summed E-state index contributed by atoms with van der Waals surface area (Å²) in [5.74, 6) is 1.17. The van der Waals surface area contributed by atoms with E-state index in [2.05, 4.69) is 4.98 Å².